The average Bonchev–Trinajstić information content (AvgIpc) is 2.99. The van der Waals surface area contributed by atoms with E-state index >= 15 is 0 Å². The fraction of sp³-hybridized carbons (Fsp3) is 0.136. The van der Waals surface area contributed by atoms with Gasteiger partial charge in [-0.1, -0.05) is 35.9 Å². The topological polar surface area (TPSA) is 98.1 Å². The van der Waals surface area contributed by atoms with Crippen LogP contribution in [0, 0.1) is 25.2 Å². The zero-order valence-corrected chi connectivity index (χ0v) is 17.4. The highest BCUT2D eigenvalue weighted by molar-refractivity contribution is 7.07. The van der Waals surface area contributed by atoms with E-state index in [0.29, 0.717) is 5.69 Å². The number of alkyl halides is 2. The molecule has 0 unspecified atom stereocenters. The van der Waals surface area contributed by atoms with Gasteiger partial charge in [-0.3, -0.25) is 14.2 Å². The summed E-state index contributed by atoms with van der Waals surface area (Å²) in [4.78, 5) is 25.1. The molecule has 158 valence electrons. The number of nitriles is 1. The molecule has 0 aliphatic carbocycles. The summed E-state index contributed by atoms with van der Waals surface area (Å²) in [6.45, 7) is 0.652. The van der Waals surface area contributed by atoms with Gasteiger partial charge in [0.05, 0.1) is 10.2 Å². The minimum absolute atomic E-state index is 0.0606. The van der Waals surface area contributed by atoms with Crippen LogP contribution < -0.4 is 25.2 Å². The molecule has 0 radical (unpaired) electrons. The molecule has 0 fully saturated rings. The maximum atomic E-state index is 13.3. The van der Waals surface area contributed by atoms with Crippen LogP contribution in [-0.2, 0) is 4.79 Å². The Morgan fingerprint density at radius 1 is 1.26 bits per heavy atom. The lowest BCUT2D eigenvalue weighted by Crippen LogP contribution is -2.33. The molecule has 0 saturated heterocycles. The number of aryl methyl sites for hydroxylation is 2. The summed E-state index contributed by atoms with van der Waals surface area (Å²) in [6, 6.07) is 13.1. The molecule has 0 atom stereocenters. The van der Waals surface area contributed by atoms with E-state index in [1.807, 2.05) is 13.0 Å². The molecule has 1 aromatic heterocycles. The minimum atomic E-state index is -3.03. The first-order valence-corrected chi connectivity index (χ1v) is 9.84. The number of primary amides is 1. The SMILES string of the molecule is Cc1ccc(-n2c(=O)/c(=C/c3ccccc3OC(F)F)s/c2=C(\C#N)C(N)=O)c(C)c1. The van der Waals surface area contributed by atoms with Crippen molar-refractivity contribution in [3.8, 4) is 17.5 Å². The first-order valence-electron chi connectivity index (χ1n) is 9.02. The van der Waals surface area contributed by atoms with E-state index in [0.717, 1.165) is 22.5 Å². The molecule has 31 heavy (non-hydrogen) atoms. The number of ether oxygens (including phenoxy) is 1. The van der Waals surface area contributed by atoms with Crippen LogP contribution in [0.25, 0.3) is 17.3 Å². The van der Waals surface area contributed by atoms with Crippen molar-refractivity contribution in [2.45, 2.75) is 20.5 Å². The first kappa shape index (κ1) is 21.9. The number of amides is 1. The van der Waals surface area contributed by atoms with E-state index in [2.05, 4.69) is 4.74 Å². The van der Waals surface area contributed by atoms with Gasteiger partial charge in [0.15, 0.2) is 5.57 Å². The largest absolute Gasteiger partial charge is 0.434 e. The van der Waals surface area contributed by atoms with Crippen molar-refractivity contribution >= 4 is 28.9 Å². The molecular weight excluding hydrogens is 424 g/mol. The predicted octanol–water partition coefficient (Wildman–Crippen LogP) is 2.11. The fourth-order valence-electron chi connectivity index (χ4n) is 3.08. The van der Waals surface area contributed by atoms with Crippen molar-refractivity contribution in [1.29, 1.82) is 5.26 Å². The van der Waals surface area contributed by atoms with Gasteiger partial charge < -0.3 is 10.5 Å². The van der Waals surface area contributed by atoms with Gasteiger partial charge in [0.2, 0.25) is 0 Å². The summed E-state index contributed by atoms with van der Waals surface area (Å²) in [6.07, 6.45) is 1.38. The standard InChI is InChI=1S/C22H17F2N3O3S/c1-12-7-8-16(13(2)9-12)27-20(29)18(31-21(27)15(11-25)19(26)28)10-14-5-3-4-6-17(14)30-22(23)24/h3-10,22H,1-2H3,(H2,26,28)/b18-10-,21-15+. The number of hydrogen-bond acceptors (Lipinski definition) is 5. The molecule has 0 aliphatic rings. The Morgan fingerprint density at radius 3 is 2.58 bits per heavy atom. The number of rotatable bonds is 5. The molecule has 1 heterocycles. The number of thiazole rings is 1. The Morgan fingerprint density at radius 2 is 1.97 bits per heavy atom. The van der Waals surface area contributed by atoms with Crippen LogP contribution in [-0.4, -0.2) is 17.1 Å². The number of para-hydroxylation sites is 1. The number of hydrogen-bond donors (Lipinski definition) is 1. The smallest absolute Gasteiger partial charge is 0.387 e. The van der Waals surface area contributed by atoms with Gasteiger partial charge in [-0.2, -0.15) is 14.0 Å². The molecule has 3 rings (SSSR count). The van der Waals surface area contributed by atoms with E-state index < -0.39 is 18.1 Å². The van der Waals surface area contributed by atoms with Gasteiger partial charge in [0, 0.05) is 5.56 Å². The van der Waals surface area contributed by atoms with Gasteiger partial charge in [0.1, 0.15) is 16.5 Å². The quantitative estimate of drug-likeness (QED) is 0.656. The number of carbonyl (C=O) groups excluding carboxylic acids is 1. The van der Waals surface area contributed by atoms with E-state index in [-0.39, 0.29) is 26.1 Å². The summed E-state index contributed by atoms with van der Waals surface area (Å²) in [7, 11) is 0. The third kappa shape index (κ3) is 4.54. The third-order valence-electron chi connectivity index (χ3n) is 4.41. The lowest BCUT2D eigenvalue weighted by molar-refractivity contribution is -0.112. The molecule has 0 bridgehead atoms. The number of benzene rings is 2. The van der Waals surface area contributed by atoms with Crippen LogP contribution in [0.3, 0.4) is 0 Å². The van der Waals surface area contributed by atoms with Crippen molar-refractivity contribution in [2.75, 3.05) is 0 Å². The number of nitrogens with two attached hydrogens (primary N) is 1. The minimum Gasteiger partial charge on any atom is -0.434 e. The molecule has 6 nitrogen and oxygen atoms in total. The molecule has 0 saturated carbocycles. The zero-order valence-electron chi connectivity index (χ0n) is 16.6. The number of aromatic nitrogens is 1. The lowest BCUT2D eigenvalue weighted by atomic mass is 10.1. The molecule has 0 spiro atoms. The molecule has 2 N–H and O–H groups in total. The second kappa shape index (κ2) is 8.93. The summed E-state index contributed by atoms with van der Waals surface area (Å²) in [5.41, 5.74) is 6.90. The highest BCUT2D eigenvalue weighted by Crippen LogP contribution is 2.21. The summed E-state index contributed by atoms with van der Waals surface area (Å²) >= 11 is 0.869. The zero-order chi connectivity index (χ0) is 22.7. The summed E-state index contributed by atoms with van der Waals surface area (Å²) in [5, 5.41) is 9.46. The monoisotopic (exact) mass is 441 g/mol. The van der Waals surface area contributed by atoms with Gasteiger partial charge >= 0.3 is 6.61 Å². The molecular formula is C22H17F2N3O3S. The van der Waals surface area contributed by atoms with Gasteiger partial charge in [-0.15, -0.1) is 11.3 Å². The lowest BCUT2D eigenvalue weighted by Gasteiger charge is -2.08. The molecule has 1 amide bonds. The first-order chi connectivity index (χ1) is 14.7. The Kier molecular flexibility index (Phi) is 6.32. The average molecular weight is 441 g/mol. The van der Waals surface area contributed by atoms with Crippen LogP contribution in [0.15, 0.2) is 47.3 Å². The van der Waals surface area contributed by atoms with Gasteiger partial charge in [0.25, 0.3) is 11.5 Å². The van der Waals surface area contributed by atoms with Crippen LogP contribution in [0.2, 0.25) is 0 Å². The fourth-order valence-corrected chi connectivity index (χ4v) is 4.17. The number of carbonyl (C=O) groups is 1. The highest BCUT2D eigenvalue weighted by Gasteiger charge is 2.16. The number of nitrogens with zero attached hydrogens (tertiary/aromatic N) is 2. The number of halogens is 2. The van der Waals surface area contributed by atoms with Crippen LogP contribution >= 0.6 is 11.3 Å². The van der Waals surface area contributed by atoms with Crippen molar-refractivity contribution in [3.05, 3.63) is 78.7 Å². The van der Waals surface area contributed by atoms with Crippen molar-refractivity contribution in [3.63, 3.8) is 0 Å². The van der Waals surface area contributed by atoms with Crippen molar-refractivity contribution < 1.29 is 18.3 Å². The van der Waals surface area contributed by atoms with E-state index in [1.54, 1.807) is 31.2 Å². The Bertz CT molecular complexity index is 1380. The van der Waals surface area contributed by atoms with E-state index in [1.165, 1.54) is 28.8 Å². The molecule has 9 heteroatoms. The van der Waals surface area contributed by atoms with E-state index in [9.17, 15) is 23.6 Å². The van der Waals surface area contributed by atoms with Crippen molar-refractivity contribution in [1.82, 2.24) is 4.57 Å². The van der Waals surface area contributed by atoms with Crippen molar-refractivity contribution in [2.24, 2.45) is 5.73 Å². The highest BCUT2D eigenvalue weighted by atomic mass is 32.1. The molecule has 0 aliphatic heterocycles. The normalized spacial score (nSPS) is 12.6. The van der Waals surface area contributed by atoms with Gasteiger partial charge in [-0.25, -0.2) is 0 Å². The second-order valence-electron chi connectivity index (χ2n) is 6.61. The van der Waals surface area contributed by atoms with Gasteiger partial charge in [-0.05, 0) is 37.6 Å². The second-order valence-corrected chi connectivity index (χ2v) is 7.64. The molecule has 2 aromatic carbocycles. The summed E-state index contributed by atoms with van der Waals surface area (Å²) in [5.74, 6) is -1.08. The van der Waals surface area contributed by atoms with Crippen LogP contribution in [0.4, 0.5) is 8.78 Å². The van der Waals surface area contributed by atoms with Crippen LogP contribution in [0.1, 0.15) is 16.7 Å². The van der Waals surface area contributed by atoms with Crippen LogP contribution in [0.5, 0.6) is 5.75 Å². The third-order valence-corrected chi connectivity index (χ3v) is 5.50. The van der Waals surface area contributed by atoms with E-state index in [4.69, 9.17) is 5.73 Å². The molecule has 3 aromatic rings. The Labute approximate surface area is 179 Å². The summed E-state index contributed by atoms with van der Waals surface area (Å²) < 4.78 is 31.4. The Hall–Kier alpha value is -3.77. The Balaban J connectivity index is 2.41. The maximum absolute atomic E-state index is 13.3. The maximum Gasteiger partial charge on any atom is 0.387 e. The predicted molar refractivity (Wildman–Crippen MR) is 113 cm³/mol.